The van der Waals surface area contributed by atoms with Gasteiger partial charge in [-0.1, -0.05) is 6.92 Å². The van der Waals surface area contributed by atoms with Crippen molar-refractivity contribution in [3.8, 4) is 0 Å². The summed E-state index contributed by atoms with van der Waals surface area (Å²) in [6.45, 7) is 11.9. The molecule has 0 spiro atoms. The highest BCUT2D eigenvalue weighted by atomic mass is 16.6. The lowest BCUT2D eigenvalue weighted by molar-refractivity contribution is -0.113. The summed E-state index contributed by atoms with van der Waals surface area (Å²) < 4.78 is 10.2. The Kier molecular flexibility index (Phi) is 6.66. The molecule has 0 heterocycles. The second kappa shape index (κ2) is 7.28. The van der Waals surface area contributed by atoms with Crippen LogP contribution in [0.5, 0.6) is 0 Å². The molecule has 0 saturated heterocycles. The second-order valence-corrected chi connectivity index (χ2v) is 6.58. The van der Waals surface area contributed by atoms with Crippen LogP contribution in [-0.2, 0) is 14.3 Å². The Labute approximate surface area is 125 Å². The Balaban J connectivity index is 5.03. The highest BCUT2D eigenvalue weighted by molar-refractivity contribution is 5.77. The van der Waals surface area contributed by atoms with Crippen molar-refractivity contribution < 1.29 is 23.9 Å². The number of rotatable bonds is 3. The number of carbonyl (C=O) groups excluding carboxylic acids is 3. The van der Waals surface area contributed by atoms with Crippen molar-refractivity contribution in [1.29, 1.82) is 0 Å². The highest BCUT2D eigenvalue weighted by Gasteiger charge is 2.30. The first-order valence-electron chi connectivity index (χ1n) is 6.86. The van der Waals surface area contributed by atoms with E-state index in [1.165, 1.54) is 0 Å². The van der Waals surface area contributed by atoms with Gasteiger partial charge in [-0.15, -0.1) is 0 Å². The van der Waals surface area contributed by atoms with Crippen LogP contribution in [0.25, 0.3) is 0 Å². The van der Waals surface area contributed by atoms with Crippen molar-refractivity contribution >= 4 is 18.5 Å². The molecule has 1 N–H and O–H groups in total. The molecule has 7 heteroatoms. The number of ether oxygens (including phenoxy) is 2. The van der Waals surface area contributed by atoms with E-state index < -0.39 is 29.4 Å². The maximum Gasteiger partial charge on any atom is 0.429 e. The van der Waals surface area contributed by atoms with Crippen molar-refractivity contribution in [1.82, 2.24) is 10.4 Å². The Morgan fingerprint density at radius 2 is 1.57 bits per heavy atom. The van der Waals surface area contributed by atoms with Crippen LogP contribution >= 0.6 is 0 Å². The van der Waals surface area contributed by atoms with Gasteiger partial charge in [0.1, 0.15) is 23.5 Å². The van der Waals surface area contributed by atoms with Gasteiger partial charge in [-0.25, -0.2) is 20.0 Å². The lowest BCUT2D eigenvalue weighted by Gasteiger charge is -2.31. The van der Waals surface area contributed by atoms with Crippen molar-refractivity contribution in [3.05, 3.63) is 0 Å². The number of hydrogen-bond acceptors (Lipinski definition) is 5. The fraction of sp³-hybridized carbons (Fsp3) is 0.786. The second-order valence-electron chi connectivity index (χ2n) is 6.58. The molecule has 0 fully saturated rings. The van der Waals surface area contributed by atoms with Gasteiger partial charge in [-0.05, 0) is 48.0 Å². The monoisotopic (exact) mass is 302 g/mol. The summed E-state index contributed by atoms with van der Waals surface area (Å²) in [5.74, 6) is 0. The van der Waals surface area contributed by atoms with E-state index in [1.54, 1.807) is 48.5 Å². The number of aldehydes is 1. The summed E-state index contributed by atoms with van der Waals surface area (Å²) in [5, 5.41) is 0.853. The molecule has 0 radical (unpaired) electrons. The Hall–Kier alpha value is -1.79. The Morgan fingerprint density at radius 3 is 1.90 bits per heavy atom. The standard InChI is InChI=1S/C14H26N2O5/c1-8-10(9-17)16(12(19)21-14(5,6)7)15-11(18)20-13(2,3)4/h9-10H,8H2,1-7H3,(H,15,18)/t10-/m1/s1. The van der Waals surface area contributed by atoms with Gasteiger partial charge < -0.3 is 14.3 Å². The molecule has 0 aromatic rings. The summed E-state index contributed by atoms with van der Waals surface area (Å²) in [7, 11) is 0. The summed E-state index contributed by atoms with van der Waals surface area (Å²) >= 11 is 0. The van der Waals surface area contributed by atoms with Crippen LogP contribution < -0.4 is 5.43 Å². The molecular formula is C14H26N2O5. The molecular weight excluding hydrogens is 276 g/mol. The predicted octanol–water partition coefficient (Wildman–Crippen LogP) is 2.64. The first-order chi connectivity index (χ1) is 9.39. The van der Waals surface area contributed by atoms with Gasteiger partial charge in [-0.3, -0.25) is 0 Å². The summed E-state index contributed by atoms with van der Waals surface area (Å²) in [5.41, 5.74) is 0.805. The summed E-state index contributed by atoms with van der Waals surface area (Å²) in [6, 6.07) is -0.827. The number of nitrogens with one attached hydrogen (secondary N) is 1. The third-order valence-electron chi connectivity index (χ3n) is 2.11. The topological polar surface area (TPSA) is 84.9 Å². The van der Waals surface area contributed by atoms with Crippen LogP contribution in [0.2, 0.25) is 0 Å². The number of hydrazine groups is 1. The molecule has 1 atom stereocenters. The number of hydrogen-bond donors (Lipinski definition) is 1. The third-order valence-corrected chi connectivity index (χ3v) is 2.11. The average molecular weight is 302 g/mol. The molecule has 0 saturated carbocycles. The zero-order valence-electron chi connectivity index (χ0n) is 13.9. The van der Waals surface area contributed by atoms with Crippen LogP contribution in [0.3, 0.4) is 0 Å². The van der Waals surface area contributed by atoms with Crippen LogP contribution in [0, 0.1) is 0 Å². The molecule has 122 valence electrons. The van der Waals surface area contributed by atoms with E-state index in [0.29, 0.717) is 12.7 Å². The highest BCUT2D eigenvalue weighted by Crippen LogP contribution is 2.12. The molecule has 0 aliphatic carbocycles. The van der Waals surface area contributed by atoms with Crippen LogP contribution in [0.4, 0.5) is 9.59 Å². The molecule has 0 aromatic heterocycles. The zero-order chi connectivity index (χ0) is 16.8. The van der Waals surface area contributed by atoms with E-state index in [1.807, 2.05) is 0 Å². The fourth-order valence-corrected chi connectivity index (χ4v) is 1.31. The molecule has 7 nitrogen and oxygen atoms in total. The molecule has 0 rings (SSSR count). The lowest BCUT2D eigenvalue weighted by Crippen LogP contribution is -2.54. The molecule has 0 aliphatic rings. The molecule has 0 aromatic carbocycles. The van der Waals surface area contributed by atoms with E-state index >= 15 is 0 Å². The number of carbonyl (C=O) groups is 3. The molecule has 2 amide bonds. The van der Waals surface area contributed by atoms with Crippen LogP contribution in [-0.4, -0.2) is 40.7 Å². The maximum atomic E-state index is 12.1. The van der Waals surface area contributed by atoms with Crippen molar-refractivity contribution in [2.24, 2.45) is 0 Å². The van der Waals surface area contributed by atoms with Gasteiger partial charge in [-0.2, -0.15) is 0 Å². The van der Waals surface area contributed by atoms with Gasteiger partial charge in [0, 0.05) is 0 Å². The Morgan fingerprint density at radius 1 is 1.10 bits per heavy atom. The van der Waals surface area contributed by atoms with Gasteiger partial charge in [0.2, 0.25) is 0 Å². The Bertz CT molecular complexity index is 382. The molecule has 0 bridgehead atoms. The number of nitrogens with zero attached hydrogens (tertiary/aromatic N) is 1. The largest absolute Gasteiger partial charge is 0.443 e. The summed E-state index contributed by atoms with van der Waals surface area (Å²) in [4.78, 5) is 34.9. The van der Waals surface area contributed by atoms with Crippen molar-refractivity contribution in [2.45, 2.75) is 72.1 Å². The SMILES string of the molecule is CC[C@H](C=O)N(NC(=O)OC(C)(C)C)C(=O)OC(C)(C)C. The normalized spacial score (nSPS) is 13.1. The molecule has 0 unspecified atom stereocenters. The first kappa shape index (κ1) is 19.2. The third kappa shape index (κ3) is 8.16. The zero-order valence-corrected chi connectivity index (χ0v) is 13.9. The minimum Gasteiger partial charge on any atom is -0.443 e. The van der Waals surface area contributed by atoms with Crippen LogP contribution in [0.15, 0.2) is 0 Å². The van der Waals surface area contributed by atoms with E-state index in [2.05, 4.69) is 5.43 Å². The van der Waals surface area contributed by atoms with Gasteiger partial charge >= 0.3 is 12.2 Å². The van der Waals surface area contributed by atoms with E-state index in [0.717, 1.165) is 5.01 Å². The minimum absolute atomic E-state index is 0.332. The lowest BCUT2D eigenvalue weighted by atomic mass is 10.2. The smallest absolute Gasteiger partial charge is 0.429 e. The van der Waals surface area contributed by atoms with Crippen LogP contribution in [0.1, 0.15) is 54.9 Å². The minimum atomic E-state index is -0.827. The van der Waals surface area contributed by atoms with E-state index in [4.69, 9.17) is 9.47 Å². The number of amides is 2. The van der Waals surface area contributed by atoms with Crippen molar-refractivity contribution in [3.63, 3.8) is 0 Å². The fourth-order valence-electron chi connectivity index (χ4n) is 1.31. The van der Waals surface area contributed by atoms with Crippen molar-refractivity contribution in [2.75, 3.05) is 0 Å². The van der Waals surface area contributed by atoms with Gasteiger partial charge in [0.15, 0.2) is 0 Å². The molecule has 0 aliphatic heterocycles. The molecule has 21 heavy (non-hydrogen) atoms. The summed E-state index contributed by atoms with van der Waals surface area (Å²) in [6.07, 6.45) is -0.735. The van der Waals surface area contributed by atoms with E-state index in [9.17, 15) is 14.4 Å². The van der Waals surface area contributed by atoms with E-state index in [-0.39, 0.29) is 0 Å². The predicted molar refractivity (Wildman–Crippen MR) is 77.6 cm³/mol. The average Bonchev–Trinajstić information content (AvgIpc) is 2.24. The maximum absolute atomic E-state index is 12.1. The quantitative estimate of drug-likeness (QED) is 0.640. The first-order valence-corrected chi connectivity index (χ1v) is 6.86. The van der Waals surface area contributed by atoms with Gasteiger partial charge in [0.05, 0.1) is 0 Å². The van der Waals surface area contributed by atoms with Gasteiger partial charge in [0.25, 0.3) is 0 Å².